The number of benzene rings is 1. The Balaban J connectivity index is 0.00000277. The predicted molar refractivity (Wildman–Crippen MR) is 105 cm³/mol. The molecule has 0 saturated carbocycles. The highest BCUT2D eigenvalue weighted by molar-refractivity contribution is 6.33. The van der Waals surface area contributed by atoms with Crippen LogP contribution in [0.5, 0.6) is 0 Å². The average molecular weight is 370 g/mol. The summed E-state index contributed by atoms with van der Waals surface area (Å²) in [7, 11) is 0. The van der Waals surface area contributed by atoms with Gasteiger partial charge in [0, 0.05) is 0 Å². The molecule has 2 N–H and O–H groups in total. The molecule has 0 fully saturated rings. The van der Waals surface area contributed by atoms with Gasteiger partial charge in [-0.1, -0.05) is 76.3 Å². The Morgan fingerprint density at radius 1 is 1.00 bits per heavy atom. The van der Waals surface area contributed by atoms with Gasteiger partial charge in [0.15, 0.2) is 0 Å². The van der Waals surface area contributed by atoms with Crippen molar-refractivity contribution < 1.29 is 14.3 Å². The van der Waals surface area contributed by atoms with E-state index in [9.17, 15) is 4.79 Å². The zero-order valence-corrected chi connectivity index (χ0v) is 16.2. The third-order valence-corrected chi connectivity index (χ3v) is 4.31. The van der Waals surface area contributed by atoms with Crippen molar-refractivity contribution in [3.8, 4) is 0 Å². The number of esters is 1. The van der Waals surface area contributed by atoms with Crippen LogP contribution in [0.1, 0.15) is 81.5 Å². The van der Waals surface area contributed by atoms with E-state index in [2.05, 4.69) is 6.92 Å². The lowest BCUT2D eigenvalue weighted by atomic mass is 10.1. The molecule has 0 atom stereocenters. The largest absolute Gasteiger partial charge is 0.462 e. The fraction of sp³-hybridized carbons (Fsp3) is 0.600. The van der Waals surface area contributed by atoms with E-state index in [1.165, 1.54) is 51.4 Å². The van der Waals surface area contributed by atoms with Crippen molar-refractivity contribution in [3.05, 3.63) is 28.8 Å². The lowest BCUT2D eigenvalue weighted by Gasteiger charge is -2.06. The molecule has 0 aromatic heterocycles. The van der Waals surface area contributed by atoms with Crippen molar-refractivity contribution in [2.24, 2.45) is 0 Å². The second-order valence-corrected chi connectivity index (χ2v) is 6.46. The van der Waals surface area contributed by atoms with E-state index in [-0.39, 0.29) is 5.97 Å². The third-order valence-electron chi connectivity index (χ3n) is 3.96. The highest BCUT2D eigenvalue weighted by Crippen LogP contribution is 2.20. The number of halogens is 1. The zero-order chi connectivity index (χ0) is 18.9. The van der Waals surface area contributed by atoms with Gasteiger partial charge in [0.05, 0.1) is 22.9 Å². The number of hydrogen-bond donors (Lipinski definition) is 1. The maximum absolute atomic E-state index is 11.8. The summed E-state index contributed by atoms with van der Waals surface area (Å²) in [5, 5.41) is 0.455. The van der Waals surface area contributed by atoms with Gasteiger partial charge in [-0.3, -0.25) is 0 Å². The first-order valence-corrected chi connectivity index (χ1v) is 9.54. The van der Waals surface area contributed by atoms with Crippen molar-refractivity contribution in [2.45, 2.75) is 71.1 Å². The van der Waals surface area contributed by atoms with Gasteiger partial charge >= 0.3 is 5.97 Å². The molecule has 142 valence electrons. The lowest BCUT2D eigenvalue weighted by molar-refractivity contribution is -0.0980. The number of hydrogen-bond acceptors (Lipinski definition) is 4. The quantitative estimate of drug-likeness (QED) is 0.286. The number of unbranched alkanes of at least 4 members (excludes halogenated alkanes) is 9. The number of carbonyl (C=O) groups is 2. The molecule has 0 aliphatic heterocycles. The number of nitrogen functional groups attached to an aromatic ring is 1. The van der Waals surface area contributed by atoms with Crippen LogP contribution in [-0.4, -0.2) is 19.4 Å². The maximum Gasteiger partial charge on any atom is 0.338 e. The molecule has 1 aromatic rings. The molecule has 4 nitrogen and oxygen atoms in total. The Hall–Kier alpha value is -1.55. The van der Waals surface area contributed by atoms with Crippen molar-refractivity contribution in [3.63, 3.8) is 0 Å². The molecule has 0 spiro atoms. The molecule has 0 heterocycles. The van der Waals surface area contributed by atoms with Crippen LogP contribution in [0.4, 0.5) is 5.69 Å². The molecule has 0 amide bonds. The van der Waals surface area contributed by atoms with Gasteiger partial charge in [0.2, 0.25) is 0 Å². The molecule has 0 saturated heterocycles. The van der Waals surface area contributed by atoms with E-state index in [0.717, 1.165) is 12.8 Å². The number of carbonyl (C=O) groups excluding carboxylic acids is 2. The number of nitrogens with two attached hydrogens (primary N) is 1. The van der Waals surface area contributed by atoms with Gasteiger partial charge < -0.3 is 15.3 Å². The maximum atomic E-state index is 11.8. The van der Waals surface area contributed by atoms with E-state index in [1.807, 2.05) is 6.79 Å². The summed E-state index contributed by atoms with van der Waals surface area (Å²) in [5.74, 6) is -0.329. The first-order valence-electron chi connectivity index (χ1n) is 9.16. The Kier molecular flexibility index (Phi) is 15.0. The van der Waals surface area contributed by atoms with Gasteiger partial charge in [0.25, 0.3) is 0 Å². The Morgan fingerprint density at radius 3 is 2.04 bits per heavy atom. The zero-order valence-electron chi connectivity index (χ0n) is 15.4. The van der Waals surface area contributed by atoms with Crippen LogP contribution in [0.25, 0.3) is 0 Å². The SMILES string of the molecule is C=O.CCCCCCCCCCCCOC(=O)c1ccc(Cl)c(N)c1. The van der Waals surface area contributed by atoms with Crippen LogP contribution in [0, 0.1) is 0 Å². The second-order valence-electron chi connectivity index (χ2n) is 6.05. The molecule has 5 heteroatoms. The Bertz CT molecular complexity index is 480. The van der Waals surface area contributed by atoms with E-state index in [0.29, 0.717) is 22.9 Å². The van der Waals surface area contributed by atoms with Crippen LogP contribution in [0.2, 0.25) is 5.02 Å². The van der Waals surface area contributed by atoms with E-state index >= 15 is 0 Å². The van der Waals surface area contributed by atoms with Crippen LogP contribution in [0.3, 0.4) is 0 Å². The van der Waals surface area contributed by atoms with E-state index in [4.69, 9.17) is 26.9 Å². The second kappa shape index (κ2) is 15.9. The monoisotopic (exact) mass is 369 g/mol. The standard InChI is InChI=1S/C19H30ClNO2.CH2O/c1-2-3-4-5-6-7-8-9-10-11-14-23-19(22)16-12-13-17(20)18(21)15-16;1-2/h12-13,15H,2-11,14,21H2,1H3;1H2. The smallest absolute Gasteiger partial charge is 0.338 e. The molecule has 0 aliphatic rings. The molecule has 0 radical (unpaired) electrons. The van der Waals surface area contributed by atoms with Crippen LogP contribution in [-0.2, 0) is 9.53 Å². The minimum atomic E-state index is -0.329. The summed E-state index contributed by atoms with van der Waals surface area (Å²) < 4.78 is 5.26. The first kappa shape index (κ1) is 23.4. The molecule has 1 rings (SSSR count). The number of rotatable bonds is 12. The van der Waals surface area contributed by atoms with Gasteiger partial charge in [0.1, 0.15) is 6.79 Å². The van der Waals surface area contributed by atoms with Gasteiger partial charge in [-0.2, -0.15) is 0 Å². The molecule has 0 unspecified atom stereocenters. The highest BCUT2D eigenvalue weighted by atomic mass is 35.5. The van der Waals surface area contributed by atoms with Crippen molar-refractivity contribution in [1.82, 2.24) is 0 Å². The Morgan fingerprint density at radius 2 is 1.52 bits per heavy atom. The van der Waals surface area contributed by atoms with Gasteiger partial charge in [-0.15, -0.1) is 0 Å². The topological polar surface area (TPSA) is 69.4 Å². The van der Waals surface area contributed by atoms with Gasteiger partial charge in [-0.05, 0) is 24.6 Å². The molecular weight excluding hydrogens is 338 g/mol. The summed E-state index contributed by atoms with van der Waals surface area (Å²) in [4.78, 5) is 19.8. The van der Waals surface area contributed by atoms with E-state index < -0.39 is 0 Å². The molecule has 0 aliphatic carbocycles. The summed E-state index contributed by atoms with van der Waals surface area (Å²) in [6.07, 6.45) is 12.6. The number of ether oxygens (including phenoxy) is 1. The minimum Gasteiger partial charge on any atom is -0.462 e. The van der Waals surface area contributed by atoms with Crippen molar-refractivity contribution in [1.29, 1.82) is 0 Å². The molecule has 0 bridgehead atoms. The first-order chi connectivity index (χ1) is 12.1. The third kappa shape index (κ3) is 11.6. The highest BCUT2D eigenvalue weighted by Gasteiger charge is 2.08. The summed E-state index contributed by atoms with van der Waals surface area (Å²) in [6.45, 7) is 4.71. The number of anilines is 1. The minimum absolute atomic E-state index is 0.329. The van der Waals surface area contributed by atoms with Crippen LogP contribution in [0.15, 0.2) is 18.2 Å². The summed E-state index contributed by atoms with van der Waals surface area (Å²) >= 11 is 5.83. The van der Waals surface area contributed by atoms with Crippen LogP contribution < -0.4 is 5.73 Å². The fourth-order valence-electron chi connectivity index (χ4n) is 2.51. The molecule has 25 heavy (non-hydrogen) atoms. The molecule has 1 aromatic carbocycles. The summed E-state index contributed by atoms with van der Waals surface area (Å²) in [5.41, 5.74) is 6.54. The Labute approximate surface area is 157 Å². The normalized spacial score (nSPS) is 10.0. The van der Waals surface area contributed by atoms with Crippen molar-refractivity contribution >= 4 is 30.0 Å². The lowest BCUT2D eigenvalue weighted by Crippen LogP contribution is -2.07. The fourth-order valence-corrected chi connectivity index (χ4v) is 2.63. The average Bonchev–Trinajstić information content (AvgIpc) is 2.63. The predicted octanol–water partition coefficient (Wildman–Crippen LogP) is 5.82. The summed E-state index contributed by atoms with van der Waals surface area (Å²) in [6, 6.07) is 4.82. The van der Waals surface area contributed by atoms with E-state index in [1.54, 1.807) is 18.2 Å². The van der Waals surface area contributed by atoms with Crippen LogP contribution >= 0.6 is 11.6 Å². The van der Waals surface area contributed by atoms with Crippen molar-refractivity contribution in [2.75, 3.05) is 12.3 Å². The van der Waals surface area contributed by atoms with Gasteiger partial charge in [-0.25, -0.2) is 4.79 Å². The molecular formula is C20H32ClNO3.